The summed E-state index contributed by atoms with van der Waals surface area (Å²) in [5.74, 6) is 0.595. The standard InChI is InChI=1S/C22H35N5O2/c1-14-12-18(22(28)25-16(3)23)21(24-15(14)2)27-11-10-19(20(13-27)29-4)26-17-8-6-5-7-9-17/h12,17,19-20,26H,5-11,13H2,1-4H3,(H2,23,25,28)/t19-,20+/m0/s1. The molecule has 0 spiro atoms. The highest BCUT2D eigenvalue weighted by Gasteiger charge is 2.33. The minimum absolute atomic E-state index is 0.0526. The number of nitrogens with one attached hydrogen (secondary N) is 1. The second-order valence-electron chi connectivity index (χ2n) is 8.44. The minimum Gasteiger partial charge on any atom is -0.387 e. The Morgan fingerprint density at radius 2 is 2.00 bits per heavy atom. The first-order valence-corrected chi connectivity index (χ1v) is 10.8. The van der Waals surface area contributed by atoms with E-state index in [9.17, 15) is 4.79 Å². The number of nitrogens with two attached hydrogens (primary N) is 1. The van der Waals surface area contributed by atoms with Crippen molar-refractivity contribution in [2.45, 2.75) is 77.5 Å². The lowest BCUT2D eigenvalue weighted by atomic mass is 9.92. The number of hydrogen-bond donors (Lipinski definition) is 2. The fraction of sp³-hybridized carbons (Fsp3) is 0.682. The topological polar surface area (TPSA) is 92.8 Å². The summed E-state index contributed by atoms with van der Waals surface area (Å²) in [4.78, 5) is 23.5. The summed E-state index contributed by atoms with van der Waals surface area (Å²) in [6.07, 6.45) is 7.49. The van der Waals surface area contributed by atoms with Crippen LogP contribution in [-0.4, -0.2) is 55.1 Å². The molecule has 1 aromatic heterocycles. The highest BCUT2D eigenvalue weighted by molar-refractivity contribution is 6.05. The first kappa shape index (κ1) is 21.7. The molecule has 160 valence electrons. The van der Waals surface area contributed by atoms with Gasteiger partial charge in [0.1, 0.15) is 11.7 Å². The number of aryl methyl sites for hydroxylation is 2. The highest BCUT2D eigenvalue weighted by atomic mass is 16.5. The molecule has 3 rings (SSSR count). The number of piperidine rings is 1. The lowest BCUT2D eigenvalue weighted by Crippen LogP contribution is -2.56. The molecule has 1 aliphatic heterocycles. The van der Waals surface area contributed by atoms with Gasteiger partial charge in [0.25, 0.3) is 5.91 Å². The number of amidine groups is 1. The Kier molecular flexibility index (Phi) is 7.24. The molecule has 1 amide bonds. The molecule has 0 bridgehead atoms. The Morgan fingerprint density at radius 1 is 1.28 bits per heavy atom. The molecule has 1 saturated heterocycles. The van der Waals surface area contributed by atoms with Gasteiger partial charge in [-0.25, -0.2) is 4.98 Å². The summed E-state index contributed by atoms with van der Waals surface area (Å²) in [5, 5.41) is 3.84. The average Bonchev–Trinajstić information content (AvgIpc) is 2.70. The van der Waals surface area contributed by atoms with Crippen LogP contribution in [0.4, 0.5) is 5.82 Å². The molecule has 7 nitrogen and oxygen atoms in total. The van der Waals surface area contributed by atoms with E-state index in [4.69, 9.17) is 15.5 Å². The number of carbonyl (C=O) groups excluding carboxylic acids is 1. The zero-order chi connectivity index (χ0) is 21.0. The summed E-state index contributed by atoms with van der Waals surface area (Å²) in [7, 11) is 1.77. The molecule has 7 heteroatoms. The Bertz CT molecular complexity index is 754. The quantitative estimate of drug-likeness (QED) is 0.582. The Morgan fingerprint density at radius 3 is 2.66 bits per heavy atom. The van der Waals surface area contributed by atoms with Gasteiger partial charge in [-0.2, -0.15) is 4.99 Å². The molecule has 2 fully saturated rings. The maximum Gasteiger partial charge on any atom is 0.282 e. The van der Waals surface area contributed by atoms with Crippen LogP contribution in [0.3, 0.4) is 0 Å². The van der Waals surface area contributed by atoms with E-state index < -0.39 is 0 Å². The van der Waals surface area contributed by atoms with Crippen LogP contribution in [-0.2, 0) is 4.74 Å². The summed E-state index contributed by atoms with van der Waals surface area (Å²) in [6.45, 7) is 7.07. The third-order valence-corrected chi connectivity index (χ3v) is 6.17. The van der Waals surface area contributed by atoms with Crippen molar-refractivity contribution in [3.8, 4) is 0 Å². The summed E-state index contributed by atoms with van der Waals surface area (Å²) >= 11 is 0. The fourth-order valence-electron chi connectivity index (χ4n) is 4.42. The van der Waals surface area contributed by atoms with Crippen molar-refractivity contribution in [3.05, 3.63) is 22.9 Å². The van der Waals surface area contributed by atoms with Gasteiger partial charge in [-0.3, -0.25) is 4.79 Å². The predicted octanol–water partition coefficient (Wildman–Crippen LogP) is 2.73. The maximum atomic E-state index is 12.7. The van der Waals surface area contributed by atoms with Gasteiger partial charge >= 0.3 is 0 Å². The summed E-state index contributed by atoms with van der Waals surface area (Å²) < 4.78 is 5.85. The molecular formula is C22H35N5O2. The number of hydrogen-bond acceptors (Lipinski definition) is 5. The lowest BCUT2D eigenvalue weighted by molar-refractivity contribution is 0.0533. The van der Waals surface area contributed by atoms with Crippen molar-refractivity contribution in [2.75, 3.05) is 25.1 Å². The smallest absolute Gasteiger partial charge is 0.282 e. The van der Waals surface area contributed by atoms with E-state index in [1.165, 1.54) is 32.1 Å². The molecular weight excluding hydrogens is 366 g/mol. The molecule has 1 aromatic rings. The van der Waals surface area contributed by atoms with Gasteiger partial charge in [0.15, 0.2) is 0 Å². The molecule has 2 heterocycles. The van der Waals surface area contributed by atoms with E-state index in [-0.39, 0.29) is 17.8 Å². The maximum absolute atomic E-state index is 12.7. The van der Waals surface area contributed by atoms with E-state index in [0.717, 1.165) is 24.2 Å². The van der Waals surface area contributed by atoms with Crippen molar-refractivity contribution >= 4 is 17.6 Å². The molecule has 0 unspecified atom stereocenters. The Hall–Kier alpha value is -1.99. The van der Waals surface area contributed by atoms with Crippen LogP contribution < -0.4 is 16.0 Å². The third-order valence-electron chi connectivity index (χ3n) is 6.17. The molecule has 29 heavy (non-hydrogen) atoms. The number of nitrogens with zero attached hydrogens (tertiary/aromatic N) is 3. The minimum atomic E-state index is -0.341. The number of amides is 1. The third kappa shape index (κ3) is 5.34. The van der Waals surface area contributed by atoms with Gasteiger partial charge in [-0.1, -0.05) is 19.3 Å². The van der Waals surface area contributed by atoms with Gasteiger partial charge in [0, 0.05) is 38.0 Å². The van der Waals surface area contributed by atoms with Crippen molar-refractivity contribution in [3.63, 3.8) is 0 Å². The lowest BCUT2D eigenvalue weighted by Gasteiger charge is -2.41. The second kappa shape index (κ2) is 9.67. The summed E-state index contributed by atoms with van der Waals surface area (Å²) in [5.41, 5.74) is 8.04. The zero-order valence-corrected chi connectivity index (χ0v) is 18.2. The highest BCUT2D eigenvalue weighted by Crippen LogP contribution is 2.27. The molecule has 0 radical (unpaired) electrons. The van der Waals surface area contributed by atoms with Crippen LogP contribution in [0, 0.1) is 13.8 Å². The molecule has 1 aliphatic carbocycles. The van der Waals surface area contributed by atoms with Gasteiger partial charge in [0.2, 0.25) is 0 Å². The largest absolute Gasteiger partial charge is 0.387 e. The molecule has 3 N–H and O–H groups in total. The number of aliphatic imine (C=N–C) groups is 1. The fourth-order valence-corrected chi connectivity index (χ4v) is 4.42. The van der Waals surface area contributed by atoms with Gasteiger partial charge in [-0.05, 0) is 51.7 Å². The normalized spacial score (nSPS) is 24.0. The SMILES string of the molecule is CO[C@@H]1CN(c2nc(C)c(C)cc2C(=O)N=C(C)N)CC[C@@H]1NC1CCCCC1. The number of anilines is 1. The van der Waals surface area contributed by atoms with Crippen LogP contribution >= 0.6 is 0 Å². The number of pyridine rings is 1. The van der Waals surface area contributed by atoms with Crippen LogP contribution in [0.5, 0.6) is 0 Å². The van der Waals surface area contributed by atoms with Gasteiger partial charge in [-0.15, -0.1) is 0 Å². The monoisotopic (exact) mass is 401 g/mol. The first-order chi connectivity index (χ1) is 13.9. The van der Waals surface area contributed by atoms with Crippen LogP contribution in [0.15, 0.2) is 11.1 Å². The second-order valence-corrected chi connectivity index (χ2v) is 8.44. The predicted molar refractivity (Wildman–Crippen MR) is 117 cm³/mol. The summed E-state index contributed by atoms with van der Waals surface area (Å²) in [6, 6.07) is 2.80. The average molecular weight is 402 g/mol. The van der Waals surface area contributed by atoms with E-state index in [1.807, 2.05) is 19.9 Å². The first-order valence-electron chi connectivity index (χ1n) is 10.8. The number of rotatable bonds is 5. The number of aromatic nitrogens is 1. The van der Waals surface area contributed by atoms with Crippen molar-refractivity contribution in [1.29, 1.82) is 0 Å². The zero-order valence-electron chi connectivity index (χ0n) is 18.2. The van der Waals surface area contributed by atoms with Crippen LogP contribution in [0.25, 0.3) is 0 Å². The van der Waals surface area contributed by atoms with E-state index in [2.05, 4.69) is 15.2 Å². The Labute approximate surface area is 174 Å². The van der Waals surface area contributed by atoms with Crippen molar-refractivity contribution in [2.24, 2.45) is 10.7 Å². The molecule has 2 atom stereocenters. The van der Waals surface area contributed by atoms with Crippen LogP contribution in [0.2, 0.25) is 0 Å². The molecule has 0 aromatic carbocycles. The van der Waals surface area contributed by atoms with Crippen molar-refractivity contribution < 1.29 is 9.53 Å². The number of methoxy groups -OCH3 is 1. The number of carbonyl (C=O) groups is 1. The molecule has 2 aliphatic rings. The van der Waals surface area contributed by atoms with Gasteiger partial charge < -0.3 is 20.7 Å². The number of ether oxygens (including phenoxy) is 1. The van der Waals surface area contributed by atoms with Crippen LogP contribution in [0.1, 0.15) is 67.1 Å². The Balaban J connectivity index is 1.79. The van der Waals surface area contributed by atoms with Gasteiger partial charge in [0.05, 0.1) is 11.7 Å². The van der Waals surface area contributed by atoms with E-state index in [0.29, 0.717) is 30.0 Å². The van der Waals surface area contributed by atoms with Crippen molar-refractivity contribution in [1.82, 2.24) is 10.3 Å². The molecule has 1 saturated carbocycles. The van der Waals surface area contributed by atoms with E-state index >= 15 is 0 Å². The van der Waals surface area contributed by atoms with E-state index in [1.54, 1.807) is 14.0 Å².